The number of unbranched alkanes of at least 4 members (excludes halogenated alkanes) is 4. The molecule has 0 fully saturated rings. The van der Waals surface area contributed by atoms with Crippen molar-refractivity contribution in [2.24, 2.45) is 0 Å². The number of benzene rings is 3. The lowest BCUT2D eigenvalue weighted by molar-refractivity contribution is -0.145. The number of carboxylic acids is 1. The zero-order chi connectivity index (χ0) is 39.4. The van der Waals surface area contributed by atoms with Gasteiger partial charge in [-0.15, -0.1) is 11.3 Å². The van der Waals surface area contributed by atoms with Gasteiger partial charge >= 0.3 is 5.97 Å². The third-order valence-corrected chi connectivity index (χ3v) is 10.7. The molecule has 11 heteroatoms. The predicted octanol–water partition coefficient (Wildman–Crippen LogP) is 8.16. The fourth-order valence-corrected chi connectivity index (χ4v) is 6.93. The summed E-state index contributed by atoms with van der Waals surface area (Å²) in [5.41, 5.74) is 3.48. The number of thiophene rings is 1. The first-order chi connectivity index (χ1) is 26.4. The number of hydrogen-bond donors (Lipinski definition) is 4. The molecule has 3 aromatic carbocycles. The van der Waals surface area contributed by atoms with E-state index in [9.17, 15) is 24.6 Å². The van der Waals surface area contributed by atoms with Gasteiger partial charge in [-0.1, -0.05) is 120 Å². The fourth-order valence-electron chi connectivity index (χ4n) is 5.96. The first-order valence-corrected chi connectivity index (χ1v) is 19.6. The Morgan fingerprint density at radius 3 is 2.05 bits per heavy atom. The van der Waals surface area contributed by atoms with E-state index in [-0.39, 0.29) is 11.8 Å². The number of aromatic nitrogens is 2. The second-order valence-electron chi connectivity index (χ2n) is 14.6. The molecule has 0 aliphatic rings. The number of ether oxygens (including phenoxy) is 1. The van der Waals surface area contributed by atoms with E-state index in [2.05, 4.69) is 48.3 Å². The molecule has 2 aromatic heterocycles. The second-order valence-corrected chi connectivity index (χ2v) is 15.7. The van der Waals surface area contributed by atoms with Crippen LogP contribution in [0.5, 0.6) is 5.75 Å². The Kier molecular flexibility index (Phi) is 14.3. The molecule has 2 amide bonds. The predicted molar refractivity (Wildman–Crippen MR) is 216 cm³/mol. The molecule has 2 heterocycles. The lowest BCUT2D eigenvalue weighted by atomic mass is 9.95. The van der Waals surface area contributed by atoms with E-state index >= 15 is 0 Å². The highest BCUT2D eigenvalue weighted by Crippen LogP contribution is 2.30. The van der Waals surface area contributed by atoms with Crippen molar-refractivity contribution in [1.29, 1.82) is 0 Å². The van der Waals surface area contributed by atoms with E-state index in [1.165, 1.54) is 37.0 Å². The Morgan fingerprint density at radius 2 is 1.44 bits per heavy atom. The number of aliphatic hydroxyl groups is 1. The van der Waals surface area contributed by atoms with Crippen LogP contribution in [0.2, 0.25) is 0 Å². The molecule has 4 N–H and O–H groups in total. The molecule has 288 valence electrons. The number of carbonyl (C=O) groups excluding carboxylic acids is 2. The third kappa shape index (κ3) is 11.6. The van der Waals surface area contributed by atoms with Crippen LogP contribution in [-0.2, 0) is 21.4 Å². The molecule has 0 bridgehead atoms. The first-order valence-electron chi connectivity index (χ1n) is 18.7. The number of nitrogens with zero attached hydrogens (tertiary/aromatic N) is 2. The summed E-state index contributed by atoms with van der Waals surface area (Å²) in [6.07, 6.45) is 8.04. The lowest BCUT2D eigenvalue weighted by Crippen LogP contribution is -2.54. The molecule has 5 rings (SSSR count). The average Bonchev–Trinajstić information content (AvgIpc) is 3.71. The van der Waals surface area contributed by atoms with Crippen LogP contribution in [0.15, 0.2) is 103 Å². The number of aliphatic hydroxyl groups excluding tert-OH is 1. The summed E-state index contributed by atoms with van der Waals surface area (Å²) in [6, 6.07) is 24.3. The fraction of sp³-hybridized carbons (Fsp3) is 0.341. The number of amides is 2. The number of hydrogen-bond acceptors (Lipinski definition) is 8. The van der Waals surface area contributed by atoms with Crippen LogP contribution >= 0.6 is 11.3 Å². The van der Waals surface area contributed by atoms with Gasteiger partial charge in [0.05, 0.1) is 11.5 Å². The van der Waals surface area contributed by atoms with Gasteiger partial charge < -0.3 is 25.6 Å². The molecule has 0 aliphatic carbocycles. The van der Waals surface area contributed by atoms with Gasteiger partial charge in [0.1, 0.15) is 17.9 Å². The molecule has 0 saturated carbocycles. The molecule has 55 heavy (non-hydrogen) atoms. The van der Waals surface area contributed by atoms with Crippen LogP contribution in [0.4, 0.5) is 0 Å². The van der Waals surface area contributed by atoms with E-state index in [4.69, 9.17) is 4.74 Å². The van der Waals surface area contributed by atoms with E-state index in [1.807, 2.05) is 54.6 Å². The number of nitrogens with one attached hydrogen (secondary N) is 2. The monoisotopic (exact) mass is 762 g/mol. The highest BCUT2D eigenvalue weighted by Gasteiger charge is 2.33. The molecular formula is C44H50N4O6S. The van der Waals surface area contributed by atoms with Crippen molar-refractivity contribution in [3.8, 4) is 28.3 Å². The van der Waals surface area contributed by atoms with E-state index in [1.54, 1.807) is 48.8 Å². The van der Waals surface area contributed by atoms with Gasteiger partial charge in [0.25, 0.3) is 5.91 Å². The molecule has 3 unspecified atom stereocenters. The molecule has 0 radical (unpaired) electrons. The topological polar surface area (TPSA) is 151 Å². The van der Waals surface area contributed by atoms with Crippen molar-refractivity contribution in [2.45, 2.75) is 89.8 Å². The maximum atomic E-state index is 13.8. The van der Waals surface area contributed by atoms with E-state index in [0.717, 1.165) is 33.7 Å². The van der Waals surface area contributed by atoms with Crippen LogP contribution in [-0.4, -0.2) is 56.7 Å². The number of aliphatic carboxylic acids is 1. The summed E-state index contributed by atoms with van der Waals surface area (Å²) in [4.78, 5) is 50.1. The molecule has 3 atom stereocenters. The first kappa shape index (κ1) is 40.8. The van der Waals surface area contributed by atoms with Crippen molar-refractivity contribution in [1.82, 2.24) is 20.6 Å². The quantitative estimate of drug-likeness (QED) is 0.0654. The Balaban J connectivity index is 1.27. The summed E-state index contributed by atoms with van der Waals surface area (Å²) in [5.74, 6) is -1.25. The normalized spacial score (nSPS) is 13.0. The van der Waals surface area contributed by atoms with Crippen LogP contribution in [0.25, 0.3) is 22.5 Å². The molecule has 5 aromatic rings. The van der Waals surface area contributed by atoms with Gasteiger partial charge in [0, 0.05) is 34.8 Å². The number of rotatable bonds is 18. The Hall–Kier alpha value is -5.39. The van der Waals surface area contributed by atoms with E-state index < -0.39 is 36.0 Å². The number of carboxylic acid groups (broad SMARTS) is 1. The van der Waals surface area contributed by atoms with Crippen molar-refractivity contribution in [3.05, 3.63) is 124 Å². The molecule has 0 spiro atoms. The largest absolute Gasteiger partial charge is 0.494 e. The minimum atomic E-state index is -1.65. The smallest absolute Gasteiger partial charge is 0.329 e. The molecular weight excluding hydrogens is 713 g/mol. The van der Waals surface area contributed by atoms with Crippen LogP contribution in [0.1, 0.15) is 91.6 Å². The lowest BCUT2D eigenvalue weighted by Gasteiger charge is -2.24. The summed E-state index contributed by atoms with van der Waals surface area (Å²) in [7, 11) is 0. The summed E-state index contributed by atoms with van der Waals surface area (Å²) < 4.78 is 5.90. The standard InChI is InChI=1S/C44H50N4O6S/c1-5-6-7-8-12-25-54-34-21-19-30(20-22-34)33-27-45-40(46-28-33)32-17-15-29(16-18-32)26-35(47-42(51)36-23-24-37(55-36)44(2,3)4)41(50)48-38(43(52)53)39(49)31-13-10-9-11-14-31/h9-11,13-24,27-28,35,38-39,49H,5-8,12,25-26H2,1-4H3,(H,47,51)(H,48,50)(H,52,53). The highest BCUT2D eigenvalue weighted by atomic mass is 32.1. The van der Waals surface area contributed by atoms with Crippen LogP contribution in [0.3, 0.4) is 0 Å². The number of carbonyl (C=O) groups is 3. The SMILES string of the molecule is CCCCCCCOc1ccc(-c2cnc(-c3ccc(CC(NC(=O)c4ccc(C(C)(C)C)s4)C(=O)NC(C(=O)O)C(O)c4ccccc4)cc3)nc2)cc1. The zero-order valence-corrected chi connectivity index (χ0v) is 32.6. The van der Waals surface area contributed by atoms with Gasteiger partial charge in [-0.05, 0) is 52.8 Å². The maximum absolute atomic E-state index is 13.8. The van der Waals surface area contributed by atoms with Crippen LogP contribution in [0, 0.1) is 0 Å². The molecule has 0 aliphatic heterocycles. The summed E-state index contributed by atoms with van der Waals surface area (Å²) in [5, 5.41) is 26.2. The van der Waals surface area contributed by atoms with Gasteiger partial charge in [0.15, 0.2) is 11.9 Å². The Morgan fingerprint density at radius 1 is 0.782 bits per heavy atom. The van der Waals surface area contributed by atoms with Crippen molar-refractivity contribution in [2.75, 3.05) is 6.61 Å². The highest BCUT2D eigenvalue weighted by molar-refractivity contribution is 7.14. The summed E-state index contributed by atoms with van der Waals surface area (Å²) in [6.45, 7) is 9.07. The molecule has 10 nitrogen and oxygen atoms in total. The second kappa shape index (κ2) is 19.3. The van der Waals surface area contributed by atoms with Crippen LogP contribution < -0.4 is 15.4 Å². The van der Waals surface area contributed by atoms with Gasteiger partial charge in [-0.25, -0.2) is 14.8 Å². The Labute approximate surface area is 327 Å². The van der Waals surface area contributed by atoms with Crippen molar-refractivity contribution >= 4 is 29.1 Å². The Bertz CT molecular complexity index is 1990. The van der Waals surface area contributed by atoms with Gasteiger partial charge in [0.2, 0.25) is 5.91 Å². The van der Waals surface area contributed by atoms with Crippen molar-refractivity contribution < 1.29 is 29.3 Å². The minimum Gasteiger partial charge on any atom is -0.494 e. The average molecular weight is 763 g/mol. The minimum absolute atomic E-state index is 0.0570. The molecule has 0 saturated heterocycles. The zero-order valence-electron chi connectivity index (χ0n) is 31.8. The van der Waals surface area contributed by atoms with Gasteiger partial charge in [-0.3, -0.25) is 9.59 Å². The van der Waals surface area contributed by atoms with Gasteiger partial charge in [-0.2, -0.15) is 0 Å². The summed E-state index contributed by atoms with van der Waals surface area (Å²) >= 11 is 1.34. The third-order valence-electron chi connectivity index (χ3n) is 9.22. The van der Waals surface area contributed by atoms with E-state index in [0.29, 0.717) is 28.4 Å². The van der Waals surface area contributed by atoms with Crippen molar-refractivity contribution in [3.63, 3.8) is 0 Å². The maximum Gasteiger partial charge on any atom is 0.329 e.